The first kappa shape index (κ1) is 8.55. The molecule has 2 heteroatoms. The van der Waals surface area contributed by atoms with E-state index in [-0.39, 0.29) is 0 Å². The lowest BCUT2D eigenvalue weighted by Crippen LogP contribution is -2.30. The van der Waals surface area contributed by atoms with E-state index >= 15 is 0 Å². The Hall–Kier alpha value is -0.550. The molecule has 1 aliphatic carbocycles. The summed E-state index contributed by atoms with van der Waals surface area (Å²) in [4.78, 5) is 0. The molecule has 1 atom stereocenters. The largest absolute Gasteiger partial charge is 0.391 e. The molecule has 0 spiro atoms. The highest BCUT2D eigenvalue weighted by Gasteiger charge is 2.39. The molecule has 1 N–H and O–H groups in total. The van der Waals surface area contributed by atoms with Crippen LogP contribution in [0.1, 0.15) is 39.0 Å². The monoisotopic (exact) mass is 153 g/mol. The highest BCUT2D eigenvalue weighted by atomic mass is 16.3. The predicted molar refractivity (Wildman–Crippen MR) is 42.8 cm³/mol. The Bertz CT molecular complexity index is 165. The molecule has 1 saturated carbocycles. The van der Waals surface area contributed by atoms with E-state index in [9.17, 15) is 5.11 Å². The standard InChI is InChI=1S/C9H15NO/c1-2-8(11)9(7-10)5-3-4-6-9/h8,11H,2-6H2,1H3. The molecule has 1 fully saturated rings. The van der Waals surface area contributed by atoms with E-state index < -0.39 is 11.5 Å². The zero-order valence-corrected chi connectivity index (χ0v) is 7.01. The second kappa shape index (κ2) is 3.23. The van der Waals surface area contributed by atoms with Crippen LogP contribution in [-0.4, -0.2) is 11.2 Å². The number of nitrogens with zero attached hydrogens (tertiary/aromatic N) is 1. The van der Waals surface area contributed by atoms with Crippen LogP contribution in [0.4, 0.5) is 0 Å². The van der Waals surface area contributed by atoms with Gasteiger partial charge in [-0.3, -0.25) is 0 Å². The molecule has 2 nitrogen and oxygen atoms in total. The Labute approximate surface area is 67.8 Å². The van der Waals surface area contributed by atoms with E-state index in [1.807, 2.05) is 6.92 Å². The molecule has 0 amide bonds. The summed E-state index contributed by atoms with van der Waals surface area (Å²) in [5.74, 6) is 0. The van der Waals surface area contributed by atoms with Gasteiger partial charge in [0.05, 0.1) is 17.6 Å². The fraction of sp³-hybridized carbons (Fsp3) is 0.889. The van der Waals surface area contributed by atoms with Gasteiger partial charge in [-0.2, -0.15) is 5.26 Å². The fourth-order valence-electron chi connectivity index (χ4n) is 1.92. The highest BCUT2D eigenvalue weighted by Crippen LogP contribution is 2.41. The van der Waals surface area contributed by atoms with Crippen LogP contribution in [0.25, 0.3) is 0 Å². The van der Waals surface area contributed by atoms with Crippen molar-refractivity contribution in [2.24, 2.45) is 5.41 Å². The summed E-state index contributed by atoms with van der Waals surface area (Å²) in [6.07, 6.45) is 4.27. The van der Waals surface area contributed by atoms with Gasteiger partial charge in [0.2, 0.25) is 0 Å². The van der Waals surface area contributed by atoms with Gasteiger partial charge in [-0.25, -0.2) is 0 Å². The molecule has 0 radical (unpaired) electrons. The van der Waals surface area contributed by atoms with Crippen molar-refractivity contribution in [2.75, 3.05) is 0 Å². The molecule has 1 aliphatic rings. The molecule has 0 aromatic rings. The number of rotatable bonds is 2. The van der Waals surface area contributed by atoms with E-state index in [0.717, 1.165) is 25.7 Å². The van der Waals surface area contributed by atoms with E-state index in [1.165, 1.54) is 0 Å². The Morgan fingerprint density at radius 3 is 2.45 bits per heavy atom. The van der Waals surface area contributed by atoms with Crippen LogP contribution in [0.15, 0.2) is 0 Å². The zero-order chi connectivity index (χ0) is 8.32. The molecular weight excluding hydrogens is 138 g/mol. The molecule has 0 aromatic heterocycles. The number of hydrogen-bond donors (Lipinski definition) is 1. The van der Waals surface area contributed by atoms with Gasteiger partial charge in [0.25, 0.3) is 0 Å². The lowest BCUT2D eigenvalue weighted by Gasteiger charge is -2.25. The summed E-state index contributed by atoms with van der Waals surface area (Å²) in [5, 5.41) is 18.5. The van der Waals surface area contributed by atoms with Crippen molar-refractivity contribution in [3.63, 3.8) is 0 Å². The van der Waals surface area contributed by atoms with Gasteiger partial charge in [-0.15, -0.1) is 0 Å². The van der Waals surface area contributed by atoms with Crippen LogP contribution in [0, 0.1) is 16.7 Å². The minimum Gasteiger partial charge on any atom is -0.391 e. The summed E-state index contributed by atoms with van der Waals surface area (Å²) < 4.78 is 0. The third-order valence-electron chi connectivity index (χ3n) is 2.74. The molecule has 0 aliphatic heterocycles. The third-order valence-corrected chi connectivity index (χ3v) is 2.74. The minimum atomic E-state index is -0.407. The van der Waals surface area contributed by atoms with E-state index in [0.29, 0.717) is 6.42 Å². The summed E-state index contributed by atoms with van der Waals surface area (Å²) in [6.45, 7) is 1.93. The maximum Gasteiger partial charge on any atom is 0.0832 e. The topological polar surface area (TPSA) is 44.0 Å². The van der Waals surface area contributed by atoms with Gasteiger partial charge >= 0.3 is 0 Å². The first-order valence-corrected chi connectivity index (χ1v) is 4.34. The Morgan fingerprint density at radius 2 is 2.09 bits per heavy atom. The van der Waals surface area contributed by atoms with E-state index in [4.69, 9.17) is 5.26 Å². The van der Waals surface area contributed by atoms with Crippen molar-refractivity contribution in [3.05, 3.63) is 0 Å². The number of aliphatic hydroxyl groups excluding tert-OH is 1. The first-order valence-electron chi connectivity index (χ1n) is 4.34. The molecule has 0 heterocycles. The van der Waals surface area contributed by atoms with Gasteiger partial charge in [-0.05, 0) is 19.3 Å². The van der Waals surface area contributed by atoms with Crippen LogP contribution < -0.4 is 0 Å². The molecule has 0 saturated heterocycles. The average Bonchev–Trinajstić information content (AvgIpc) is 2.52. The van der Waals surface area contributed by atoms with Crippen LogP contribution >= 0.6 is 0 Å². The zero-order valence-electron chi connectivity index (χ0n) is 7.01. The maximum atomic E-state index is 9.59. The number of aliphatic hydroxyl groups is 1. The Balaban J connectivity index is 2.68. The van der Waals surface area contributed by atoms with E-state index in [1.54, 1.807) is 0 Å². The fourth-order valence-corrected chi connectivity index (χ4v) is 1.92. The molecule has 11 heavy (non-hydrogen) atoms. The normalized spacial score (nSPS) is 24.5. The van der Waals surface area contributed by atoms with Crippen LogP contribution in [-0.2, 0) is 0 Å². The molecule has 1 rings (SSSR count). The molecular formula is C9H15NO. The summed E-state index contributed by atoms with van der Waals surface area (Å²) in [6, 6.07) is 2.28. The van der Waals surface area contributed by atoms with Gasteiger partial charge in [0.15, 0.2) is 0 Å². The van der Waals surface area contributed by atoms with Crippen molar-refractivity contribution in [2.45, 2.75) is 45.1 Å². The number of hydrogen-bond acceptors (Lipinski definition) is 2. The van der Waals surface area contributed by atoms with Crippen LogP contribution in [0.2, 0.25) is 0 Å². The molecule has 0 aromatic carbocycles. The lowest BCUT2D eigenvalue weighted by molar-refractivity contribution is 0.0643. The summed E-state index contributed by atoms with van der Waals surface area (Å²) in [5.41, 5.74) is -0.394. The predicted octanol–water partition coefficient (Wildman–Crippen LogP) is 1.84. The molecule has 1 unspecified atom stereocenters. The van der Waals surface area contributed by atoms with Crippen molar-refractivity contribution in [3.8, 4) is 6.07 Å². The summed E-state index contributed by atoms with van der Waals surface area (Å²) >= 11 is 0. The van der Waals surface area contributed by atoms with Crippen molar-refractivity contribution in [1.29, 1.82) is 5.26 Å². The molecule has 0 bridgehead atoms. The van der Waals surface area contributed by atoms with Gasteiger partial charge in [-0.1, -0.05) is 19.8 Å². The lowest BCUT2D eigenvalue weighted by atomic mass is 9.81. The van der Waals surface area contributed by atoms with Crippen LogP contribution in [0.5, 0.6) is 0 Å². The average molecular weight is 153 g/mol. The van der Waals surface area contributed by atoms with Crippen molar-refractivity contribution < 1.29 is 5.11 Å². The Kier molecular flexibility index (Phi) is 2.51. The van der Waals surface area contributed by atoms with Gasteiger partial charge in [0, 0.05) is 0 Å². The first-order chi connectivity index (χ1) is 5.25. The van der Waals surface area contributed by atoms with Gasteiger partial charge < -0.3 is 5.11 Å². The third kappa shape index (κ3) is 1.39. The van der Waals surface area contributed by atoms with Gasteiger partial charge in [0.1, 0.15) is 0 Å². The van der Waals surface area contributed by atoms with Crippen molar-refractivity contribution in [1.82, 2.24) is 0 Å². The smallest absolute Gasteiger partial charge is 0.0832 e. The Morgan fingerprint density at radius 1 is 1.55 bits per heavy atom. The quantitative estimate of drug-likeness (QED) is 0.657. The maximum absolute atomic E-state index is 9.59. The second-order valence-corrected chi connectivity index (χ2v) is 3.40. The van der Waals surface area contributed by atoms with Crippen LogP contribution in [0.3, 0.4) is 0 Å². The van der Waals surface area contributed by atoms with E-state index in [2.05, 4.69) is 6.07 Å². The highest BCUT2D eigenvalue weighted by molar-refractivity contribution is 5.05. The summed E-state index contributed by atoms with van der Waals surface area (Å²) in [7, 11) is 0. The SMILES string of the molecule is CCC(O)C1(C#N)CCCC1. The van der Waals surface area contributed by atoms with Crippen molar-refractivity contribution >= 4 is 0 Å². The molecule has 62 valence electrons. The minimum absolute atomic E-state index is 0.394. The number of nitriles is 1. The second-order valence-electron chi connectivity index (χ2n) is 3.40.